The van der Waals surface area contributed by atoms with Gasteiger partial charge in [-0.3, -0.25) is 4.79 Å². The zero-order chi connectivity index (χ0) is 12.4. The van der Waals surface area contributed by atoms with E-state index in [1.54, 1.807) is 18.2 Å². The fourth-order valence-corrected chi connectivity index (χ4v) is 1.65. The van der Waals surface area contributed by atoms with E-state index in [0.717, 1.165) is 0 Å². The molecule has 0 aromatic heterocycles. The molecular formula is C13H9ClFNO. The van der Waals surface area contributed by atoms with Crippen LogP contribution in [-0.4, -0.2) is 5.78 Å². The van der Waals surface area contributed by atoms with Gasteiger partial charge in [-0.15, -0.1) is 0 Å². The highest BCUT2D eigenvalue weighted by atomic mass is 35.5. The van der Waals surface area contributed by atoms with Crippen molar-refractivity contribution >= 4 is 23.1 Å². The van der Waals surface area contributed by atoms with Crippen molar-refractivity contribution in [1.29, 1.82) is 0 Å². The van der Waals surface area contributed by atoms with Gasteiger partial charge in [0.1, 0.15) is 5.82 Å². The highest BCUT2D eigenvalue weighted by Gasteiger charge is 2.10. The Kier molecular flexibility index (Phi) is 3.11. The number of halogens is 2. The maximum Gasteiger partial charge on any atom is 0.193 e. The summed E-state index contributed by atoms with van der Waals surface area (Å²) in [5.74, 6) is -0.733. The Hall–Kier alpha value is -1.87. The van der Waals surface area contributed by atoms with Gasteiger partial charge >= 0.3 is 0 Å². The number of carbonyl (C=O) groups excluding carboxylic acids is 1. The standard InChI is InChI=1S/C13H9ClFNO/c14-11-7-9(4-5-12(11)16)13(17)8-2-1-3-10(15)6-8/h1-7H,16H2. The van der Waals surface area contributed by atoms with E-state index in [2.05, 4.69) is 0 Å². The molecule has 0 saturated heterocycles. The van der Waals surface area contributed by atoms with Crippen molar-refractivity contribution in [2.75, 3.05) is 5.73 Å². The van der Waals surface area contributed by atoms with E-state index in [9.17, 15) is 9.18 Å². The summed E-state index contributed by atoms with van der Waals surface area (Å²) >= 11 is 5.83. The van der Waals surface area contributed by atoms with Crippen LogP contribution < -0.4 is 5.73 Å². The lowest BCUT2D eigenvalue weighted by atomic mass is 10.0. The van der Waals surface area contributed by atoms with Crippen LogP contribution in [0.25, 0.3) is 0 Å². The summed E-state index contributed by atoms with van der Waals surface area (Å²) in [6.07, 6.45) is 0. The maximum absolute atomic E-state index is 13.0. The number of anilines is 1. The van der Waals surface area contributed by atoms with Crippen molar-refractivity contribution in [2.24, 2.45) is 0 Å². The van der Waals surface area contributed by atoms with Crippen LogP contribution in [0, 0.1) is 5.82 Å². The van der Waals surface area contributed by atoms with Gasteiger partial charge in [-0.2, -0.15) is 0 Å². The molecule has 0 heterocycles. The first-order valence-corrected chi connectivity index (χ1v) is 5.31. The zero-order valence-corrected chi connectivity index (χ0v) is 9.54. The Morgan fingerprint density at radius 3 is 2.47 bits per heavy atom. The Labute approximate surface area is 103 Å². The average Bonchev–Trinajstić information content (AvgIpc) is 2.32. The summed E-state index contributed by atoms with van der Waals surface area (Å²) in [7, 11) is 0. The second-order valence-corrected chi connectivity index (χ2v) is 3.98. The van der Waals surface area contributed by atoms with Crippen LogP contribution in [0.4, 0.5) is 10.1 Å². The number of benzene rings is 2. The van der Waals surface area contributed by atoms with Crippen molar-refractivity contribution in [3.63, 3.8) is 0 Å². The van der Waals surface area contributed by atoms with Crippen LogP contribution in [0.2, 0.25) is 5.02 Å². The molecule has 2 nitrogen and oxygen atoms in total. The molecule has 0 aliphatic rings. The van der Waals surface area contributed by atoms with Gasteiger partial charge in [-0.1, -0.05) is 23.7 Å². The molecular weight excluding hydrogens is 241 g/mol. The number of ketones is 1. The van der Waals surface area contributed by atoms with Crippen molar-refractivity contribution < 1.29 is 9.18 Å². The molecule has 2 aromatic carbocycles. The van der Waals surface area contributed by atoms with Crippen molar-refractivity contribution in [1.82, 2.24) is 0 Å². The first-order valence-electron chi connectivity index (χ1n) is 4.93. The summed E-state index contributed by atoms with van der Waals surface area (Å²) in [5.41, 5.74) is 6.62. The third-order valence-corrected chi connectivity index (χ3v) is 2.68. The topological polar surface area (TPSA) is 43.1 Å². The monoisotopic (exact) mass is 249 g/mol. The summed E-state index contributed by atoms with van der Waals surface area (Å²) in [6.45, 7) is 0. The smallest absolute Gasteiger partial charge is 0.193 e. The van der Waals surface area contributed by atoms with Crippen LogP contribution >= 0.6 is 11.6 Å². The van der Waals surface area contributed by atoms with Gasteiger partial charge in [0.25, 0.3) is 0 Å². The van der Waals surface area contributed by atoms with Crippen molar-refractivity contribution in [3.8, 4) is 0 Å². The lowest BCUT2D eigenvalue weighted by Crippen LogP contribution is -2.02. The third-order valence-electron chi connectivity index (χ3n) is 2.35. The van der Waals surface area contributed by atoms with Crippen molar-refractivity contribution in [3.05, 3.63) is 64.4 Å². The maximum atomic E-state index is 13.0. The number of carbonyl (C=O) groups is 1. The Balaban J connectivity index is 2.40. The number of hydrogen-bond acceptors (Lipinski definition) is 2. The van der Waals surface area contributed by atoms with Crippen LogP contribution in [0.3, 0.4) is 0 Å². The van der Waals surface area contributed by atoms with Gasteiger partial charge in [0.15, 0.2) is 5.78 Å². The fraction of sp³-hybridized carbons (Fsp3) is 0. The number of nitrogens with two attached hydrogens (primary N) is 1. The third kappa shape index (κ3) is 2.45. The van der Waals surface area contributed by atoms with E-state index in [1.165, 1.54) is 24.3 Å². The predicted octanol–water partition coefficient (Wildman–Crippen LogP) is 3.29. The minimum atomic E-state index is -0.447. The van der Waals surface area contributed by atoms with Gasteiger partial charge in [-0.25, -0.2) is 4.39 Å². The quantitative estimate of drug-likeness (QED) is 0.656. The molecule has 0 atom stereocenters. The van der Waals surface area contributed by atoms with E-state index in [0.29, 0.717) is 16.3 Å². The lowest BCUT2D eigenvalue weighted by Gasteiger charge is -2.03. The number of nitrogen functional groups attached to an aromatic ring is 1. The normalized spacial score (nSPS) is 10.2. The molecule has 0 aliphatic carbocycles. The minimum Gasteiger partial charge on any atom is -0.398 e. The van der Waals surface area contributed by atoms with Crippen LogP contribution in [-0.2, 0) is 0 Å². The molecule has 0 spiro atoms. The highest BCUT2D eigenvalue weighted by molar-refractivity contribution is 6.33. The molecule has 2 rings (SSSR count). The van der Waals surface area contributed by atoms with E-state index in [-0.39, 0.29) is 11.3 Å². The first kappa shape index (κ1) is 11.6. The first-order chi connectivity index (χ1) is 8.08. The van der Waals surface area contributed by atoms with E-state index in [1.807, 2.05) is 0 Å². The second-order valence-electron chi connectivity index (χ2n) is 3.58. The predicted molar refractivity (Wildman–Crippen MR) is 65.7 cm³/mol. The molecule has 2 aromatic rings. The molecule has 0 amide bonds. The van der Waals surface area contributed by atoms with Crippen LogP contribution in [0.5, 0.6) is 0 Å². The minimum absolute atomic E-state index is 0.283. The fourth-order valence-electron chi connectivity index (χ4n) is 1.46. The molecule has 2 N–H and O–H groups in total. The largest absolute Gasteiger partial charge is 0.398 e. The van der Waals surface area contributed by atoms with E-state index < -0.39 is 5.82 Å². The van der Waals surface area contributed by atoms with Crippen molar-refractivity contribution in [2.45, 2.75) is 0 Å². The van der Waals surface area contributed by atoms with E-state index >= 15 is 0 Å². The summed E-state index contributed by atoms with van der Waals surface area (Å²) < 4.78 is 13.0. The molecule has 0 unspecified atom stereocenters. The Morgan fingerprint density at radius 2 is 1.82 bits per heavy atom. The second kappa shape index (κ2) is 4.55. The molecule has 17 heavy (non-hydrogen) atoms. The highest BCUT2D eigenvalue weighted by Crippen LogP contribution is 2.21. The molecule has 86 valence electrons. The summed E-state index contributed by atoms with van der Waals surface area (Å²) in [5, 5.41) is 0.312. The van der Waals surface area contributed by atoms with Crippen LogP contribution in [0.1, 0.15) is 15.9 Å². The molecule has 0 saturated carbocycles. The van der Waals surface area contributed by atoms with Crippen LogP contribution in [0.15, 0.2) is 42.5 Å². The Morgan fingerprint density at radius 1 is 1.12 bits per heavy atom. The van der Waals surface area contributed by atoms with Gasteiger partial charge < -0.3 is 5.73 Å². The molecule has 0 aliphatic heterocycles. The average molecular weight is 250 g/mol. The summed E-state index contributed by atoms with van der Waals surface area (Å²) in [6, 6.07) is 10.1. The summed E-state index contributed by atoms with van der Waals surface area (Å²) in [4.78, 5) is 12.0. The molecule has 0 fully saturated rings. The lowest BCUT2D eigenvalue weighted by molar-refractivity contribution is 0.103. The van der Waals surface area contributed by atoms with E-state index in [4.69, 9.17) is 17.3 Å². The van der Waals surface area contributed by atoms with Gasteiger partial charge in [0.05, 0.1) is 10.7 Å². The number of hydrogen-bond donors (Lipinski definition) is 1. The molecule has 0 bridgehead atoms. The molecule has 0 radical (unpaired) electrons. The SMILES string of the molecule is Nc1ccc(C(=O)c2cccc(F)c2)cc1Cl. The number of rotatable bonds is 2. The Bertz CT molecular complexity index is 583. The van der Waals surface area contributed by atoms with Gasteiger partial charge in [-0.05, 0) is 30.3 Å². The molecule has 4 heteroatoms. The zero-order valence-electron chi connectivity index (χ0n) is 8.78. The van der Waals surface area contributed by atoms with Gasteiger partial charge in [0.2, 0.25) is 0 Å². The van der Waals surface area contributed by atoms with Gasteiger partial charge in [0, 0.05) is 11.1 Å².